The van der Waals surface area contributed by atoms with Gasteiger partial charge in [0.05, 0.1) is 26.1 Å². The van der Waals surface area contributed by atoms with Crippen LogP contribution in [0.15, 0.2) is 29.2 Å². The molecular weight excluding hydrogens is 390 g/mol. The molecule has 0 atom stereocenters. The van der Waals surface area contributed by atoms with E-state index in [9.17, 15) is 8.42 Å². The lowest BCUT2D eigenvalue weighted by Crippen LogP contribution is -1.91. The van der Waals surface area contributed by atoms with Crippen LogP contribution in [0.3, 0.4) is 0 Å². The average molecular weight is 394 g/mol. The summed E-state index contributed by atoms with van der Waals surface area (Å²) in [4.78, 5) is 0.390. The highest BCUT2D eigenvalue weighted by molar-refractivity contribution is 14.2. The number of benzene rings is 1. The number of halogens is 2. The summed E-state index contributed by atoms with van der Waals surface area (Å²) in [6, 6.07) is 6.90. The van der Waals surface area contributed by atoms with E-state index in [-0.39, 0.29) is 0 Å². The molecule has 0 unspecified atom stereocenters. The number of hydrogen-bond acceptors (Lipinski definition) is 2. The Morgan fingerprint density at radius 2 is 1.73 bits per heavy atom. The zero-order valence-corrected chi connectivity index (χ0v) is 10.4. The SMILES string of the molecule is O=S(=O)(I)c1ccccc1I. The van der Waals surface area contributed by atoms with Gasteiger partial charge in [-0.05, 0) is 34.7 Å². The van der Waals surface area contributed by atoms with E-state index in [0.29, 0.717) is 4.90 Å². The fourth-order valence-corrected chi connectivity index (χ4v) is 4.86. The zero-order valence-electron chi connectivity index (χ0n) is 5.29. The molecule has 0 N–H and O–H groups in total. The van der Waals surface area contributed by atoms with Gasteiger partial charge in [-0.15, -0.1) is 0 Å². The fraction of sp³-hybridized carbons (Fsp3) is 0. The van der Waals surface area contributed by atoms with Crippen molar-refractivity contribution in [2.45, 2.75) is 4.90 Å². The Kier molecular flexibility index (Phi) is 3.15. The van der Waals surface area contributed by atoms with E-state index in [1.807, 2.05) is 28.7 Å². The molecule has 0 heterocycles. The average Bonchev–Trinajstić information content (AvgIpc) is 1.86. The second kappa shape index (κ2) is 3.56. The van der Waals surface area contributed by atoms with Crippen LogP contribution in [-0.4, -0.2) is 8.42 Å². The van der Waals surface area contributed by atoms with Crippen LogP contribution in [0.4, 0.5) is 0 Å². The lowest BCUT2D eigenvalue weighted by molar-refractivity contribution is 0.612. The van der Waals surface area contributed by atoms with Crippen LogP contribution in [0.1, 0.15) is 0 Å². The van der Waals surface area contributed by atoms with E-state index in [1.165, 1.54) is 21.2 Å². The smallest absolute Gasteiger partial charge is 0.213 e. The molecule has 60 valence electrons. The molecule has 0 bridgehead atoms. The first kappa shape index (κ1) is 9.72. The molecule has 0 saturated heterocycles. The monoisotopic (exact) mass is 394 g/mol. The van der Waals surface area contributed by atoms with E-state index >= 15 is 0 Å². The van der Waals surface area contributed by atoms with E-state index in [1.54, 1.807) is 18.2 Å². The lowest BCUT2D eigenvalue weighted by Gasteiger charge is -1.97. The first-order valence-electron chi connectivity index (χ1n) is 2.71. The second-order valence-corrected chi connectivity index (χ2v) is 7.82. The molecule has 1 aromatic rings. The summed E-state index contributed by atoms with van der Waals surface area (Å²) < 4.78 is 22.8. The lowest BCUT2D eigenvalue weighted by atomic mass is 10.4. The fourth-order valence-electron chi connectivity index (χ4n) is 0.642. The van der Waals surface area contributed by atoms with Gasteiger partial charge in [0.2, 0.25) is 7.01 Å². The summed E-state index contributed by atoms with van der Waals surface area (Å²) >= 11 is 3.44. The third-order valence-electron chi connectivity index (χ3n) is 1.10. The molecule has 1 rings (SSSR count). The van der Waals surface area contributed by atoms with Crippen LogP contribution in [0, 0.1) is 3.57 Å². The first-order valence-corrected chi connectivity index (χ1v) is 7.81. The van der Waals surface area contributed by atoms with Gasteiger partial charge in [-0.3, -0.25) is 0 Å². The Hall–Kier alpha value is 0.630. The molecular formula is C6H4I2O2S. The highest BCUT2D eigenvalue weighted by atomic mass is 127. The van der Waals surface area contributed by atoms with Gasteiger partial charge in [0.15, 0.2) is 0 Å². The van der Waals surface area contributed by atoms with Crippen LogP contribution in [-0.2, 0) is 7.01 Å². The van der Waals surface area contributed by atoms with E-state index in [0.717, 1.165) is 3.57 Å². The standard InChI is InChI=1S/C6H4I2O2S/c7-5-3-1-2-4-6(5)11(8,9)10/h1-4H. The van der Waals surface area contributed by atoms with Crippen molar-refractivity contribution < 1.29 is 8.42 Å². The summed E-state index contributed by atoms with van der Waals surface area (Å²) in [5.41, 5.74) is 0. The summed E-state index contributed by atoms with van der Waals surface area (Å²) in [5.74, 6) is 0. The molecule has 2 nitrogen and oxygen atoms in total. The molecule has 0 aromatic heterocycles. The Bertz CT molecular complexity index is 359. The molecule has 0 fully saturated rings. The van der Waals surface area contributed by atoms with Gasteiger partial charge in [0.1, 0.15) is 0 Å². The molecule has 5 heteroatoms. The van der Waals surface area contributed by atoms with E-state index < -0.39 is 7.01 Å². The summed E-state index contributed by atoms with van der Waals surface area (Å²) in [7, 11) is -3.07. The van der Waals surface area contributed by atoms with Crippen molar-refractivity contribution in [2.75, 3.05) is 0 Å². The minimum atomic E-state index is -3.07. The Balaban J connectivity index is 3.37. The largest absolute Gasteiger partial charge is 0.232 e. The van der Waals surface area contributed by atoms with Gasteiger partial charge in [0, 0.05) is 3.57 Å². The van der Waals surface area contributed by atoms with Crippen LogP contribution < -0.4 is 0 Å². The Labute approximate surface area is 91.0 Å². The zero-order chi connectivity index (χ0) is 8.48. The van der Waals surface area contributed by atoms with Gasteiger partial charge < -0.3 is 0 Å². The quantitative estimate of drug-likeness (QED) is 0.542. The molecule has 0 spiro atoms. The second-order valence-electron chi connectivity index (χ2n) is 1.87. The van der Waals surface area contributed by atoms with Crippen molar-refractivity contribution in [1.29, 1.82) is 0 Å². The van der Waals surface area contributed by atoms with Crippen LogP contribution in [0.2, 0.25) is 0 Å². The summed E-state index contributed by atoms with van der Waals surface area (Å²) in [6.07, 6.45) is 0. The summed E-state index contributed by atoms with van der Waals surface area (Å²) in [5, 5.41) is 0. The maximum absolute atomic E-state index is 11.0. The highest BCUT2D eigenvalue weighted by Crippen LogP contribution is 2.22. The van der Waals surface area contributed by atoms with E-state index in [2.05, 4.69) is 0 Å². The van der Waals surface area contributed by atoms with Gasteiger partial charge in [0.25, 0.3) is 0 Å². The van der Waals surface area contributed by atoms with Gasteiger partial charge in [-0.2, -0.15) is 0 Å². The minimum Gasteiger partial charge on any atom is -0.213 e. The Morgan fingerprint density at radius 1 is 1.18 bits per heavy atom. The van der Waals surface area contributed by atoms with Crippen molar-refractivity contribution in [3.63, 3.8) is 0 Å². The normalized spacial score (nSPS) is 11.5. The maximum atomic E-state index is 11.0. The molecule has 0 aliphatic heterocycles. The van der Waals surface area contributed by atoms with Crippen LogP contribution in [0.25, 0.3) is 0 Å². The topological polar surface area (TPSA) is 34.1 Å². The molecule has 0 saturated carbocycles. The third kappa shape index (κ3) is 2.55. The van der Waals surface area contributed by atoms with Crippen LogP contribution in [0.5, 0.6) is 0 Å². The molecule has 0 amide bonds. The van der Waals surface area contributed by atoms with Crippen molar-refractivity contribution in [1.82, 2.24) is 0 Å². The number of hydrogen-bond donors (Lipinski definition) is 0. The first-order chi connectivity index (χ1) is 5.02. The third-order valence-corrected chi connectivity index (χ3v) is 4.71. The van der Waals surface area contributed by atoms with Crippen molar-refractivity contribution in [3.05, 3.63) is 27.8 Å². The van der Waals surface area contributed by atoms with E-state index in [4.69, 9.17) is 0 Å². The van der Waals surface area contributed by atoms with Crippen molar-refractivity contribution in [3.8, 4) is 0 Å². The molecule has 11 heavy (non-hydrogen) atoms. The molecule has 0 aliphatic rings. The highest BCUT2D eigenvalue weighted by Gasteiger charge is 2.11. The molecule has 1 aromatic carbocycles. The van der Waals surface area contributed by atoms with Crippen molar-refractivity contribution >= 4 is 50.8 Å². The van der Waals surface area contributed by atoms with Crippen molar-refractivity contribution in [2.24, 2.45) is 0 Å². The predicted octanol–water partition coefficient (Wildman–Crippen LogP) is 2.41. The molecule has 0 radical (unpaired) electrons. The minimum absolute atomic E-state index is 0.390. The maximum Gasteiger partial charge on any atom is 0.232 e. The van der Waals surface area contributed by atoms with Gasteiger partial charge in [-0.1, -0.05) is 12.1 Å². The Morgan fingerprint density at radius 3 is 2.09 bits per heavy atom. The van der Waals surface area contributed by atoms with Crippen LogP contribution >= 0.6 is 43.8 Å². The summed E-state index contributed by atoms with van der Waals surface area (Å²) in [6.45, 7) is 0. The molecule has 0 aliphatic carbocycles. The predicted molar refractivity (Wildman–Crippen MR) is 60.4 cm³/mol. The van der Waals surface area contributed by atoms with Gasteiger partial charge >= 0.3 is 0 Å². The number of rotatable bonds is 1. The van der Waals surface area contributed by atoms with Gasteiger partial charge in [-0.25, -0.2) is 8.42 Å².